The van der Waals surface area contributed by atoms with Crippen LogP contribution in [0.1, 0.15) is 42.1 Å². The highest BCUT2D eigenvalue weighted by Gasteiger charge is 2.31. The molecule has 0 aliphatic carbocycles. The Morgan fingerprint density at radius 1 is 1.15 bits per heavy atom. The van der Waals surface area contributed by atoms with Crippen LogP contribution in [0, 0.1) is 12.7 Å². The van der Waals surface area contributed by atoms with Crippen molar-refractivity contribution >= 4 is 40.0 Å². The zero-order chi connectivity index (χ0) is 27.4. The second-order valence-electron chi connectivity index (χ2n) is 9.96. The van der Waals surface area contributed by atoms with Crippen molar-refractivity contribution in [2.24, 2.45) is 0 Å². The lowest BCUT2D eigenvalue weighted by atomic mass is 10.0. The lowest BCUT2D eigenvalue weighted by Gasteiger charge is -2.35. The van der Waals surface area contributed by atoms with Gasteiger partial charge in [-0.15, -0.1) is 0 Å². The second kappa shape index (κ2) is 11.7. The van der Waals surface area contributed by atoms with Crippen LogP contribution in [0.25, 0.3) is 10.8 Å². The van der Waals surface area contributed by atoms with Crippen molar-refractivity contribution in [1.29, 1.82) is 0 Å². The first-order chi connectivity index (χ1) is 19.0. The fourth-order valence-corrected chi connectivity index (χ4v) is 5.16. The van der Waals surface area contributed by atoms with Crippen LogP contribution in [0.5, 0.6) is 0 Å². The Balaban J connectivity index is 1.47. The van der Waals surface area contributed by atoms with Gasteiger partial charge in [0.05, 0.1) is 11.6 Å². The predicted octanol–water partition coefficient (Wildman–Crippen LogP) is 5.46. The van der Waals surface area contributed by atoms with E-state index < -0.39 is 11.7 Å². The highest BCUT2D eigenvalue weighted by Crippen LogP contribution is 2.32. The third-order valence-electron chi connectivity index (χ3n) is 7.11. The fraction of sp³-hybridized carbons (Fsp3) is 0.333. The molecule has 1 aliphatic heterocycles. The topological polar surface area (TPSA) is 86.3 Å². The van der Waals surface area contributed by atoms with Crippen molar-refractivity contribution < 1.29 is 9.18 Å². The molecular weight excluding hydrogens is 493 g/mol. The van der Waals surface area contributed by atoms with Gasteiger partial charge in [-0.2, -0.15) is 4.98 Å². The minimum atomic E-state index is -0.616. The molecule has 1 atom stereocenters. The summed E-state index contributed by atoms with van der Waals surface area (Å²) in [5, 5.41) is 8.35. The van der Waals surface area contributed by atoms with Crippen LogP contribution in [0.2, 0.25) is 0 Å². The van der Waals surface area contributed by atoms with Gasteiger partial charge < -0.3 is 15.5 Å². The van der Waals surface area contributed by atoms with Crippen molar-refractivity contribution in [3.05, 3.63) is 77.9 Å². The van der Waals surface area contributed by atoms with Gasteiger partial charge in [0.1, 0.15) is 17.5 Å². The zero-order valence-corrected chi connectivity index (χ0v) is 22.6. The largest absolute Gasteiger partial charge is 0.360 e. The lowest BCUT2D eigenvalue weighted by Crippen LogP contribution is -2.49. The van der Waals surface area contributed by atoms with Crippen LogP contribution in [-0.2, 0) is 0 Å². The Bertz CT molecular complexity index is 1470. The predicted molar refractivity (Wildman–Crippen MR) is 154 cm³/mol. The van der Waals surface area contributed by atoms with Gasteiger partial charge in [0.15, 0.2) is 0 Å². The average Bonchev–Trinajstić information content (AvgIpc) is 2.94. The Morgan fingerprint density at radius 2 is 2.00 bits per heavy atom. The summed E-state index contributed by atoms with van der Waals surface area (Å²) >= 11 is 0. The van der Waals surface area contributed by atoms with Gasteiger partial charge in [0.25, 0.3) is 5.91 Å². The number of rotatable bonds is 8. The van der Waals surface area contributed by atoms with Gasteiger partial charge in [-0.1, -0.05) is 25.1 Å². The number of benzene rings is 2. The molecule has 8 nitrogen and oxygen atoms in total. The van der Waals surface area contributed by atoms with E-state index in [1.54, 1.807) is 23.4 Å². The molecule has 0 bridgehead atoms. The molecule has 0 unspecified atom stereocenters. The van der Waals surface area contributed by atoms with E-state index in [4.69, 9.17) is 0 Å². The van der Waals surface area contributed by atoms with E-state index in [-0.39, 0.29) is 11.6 Å². The molecule has 0 saturated carbocycles. The summed E-state index contributed by atoms with van der Waals surface area (Å²) in [6.45, 7) is 6.49. The van der Waals surface area contributed by atoms with Crippen molar-refractivity contribution in [3.63, 3.8) is 0 Å². The number of carbonyl (C=O) groups excluding carboxylic acids is 1. The van der Waals surface area contributed by atoms with E-state index in [9.17, 15) is 4.79 Å². The smallest absolute Gasteiger partial charge is 0.262 e. The first-order valence-electron chi connectivity index (χ1n) is 13.5. The average molecular weight is 528 g/mol. The standard InChI is InChI=1S/C30H34FN7O/c1-4-17-37(3)26-13-16-34-30(36-26)35-22-10-11-24(25(31)18-22)29(39)38(23-9-6-14-32-19-23)28-27-20(2)7-5-8-21(27)12-15-33-28/h5,7-8,10-13,15-16,18,23,32H,4,6,9,14,17,19H2,1-3H3,(H,34,35,36)/t23-/m1/s1. The molecule has 9 heteroatoms. The number of nitrogens with zero attached hydrogens (tertiary/aromatic N) is 5. The van der Waals surface area contributed by atoms with Crippen LogP contribution >= 0.6 is 0 Å². The first-order valence-corrected chi connectivity index (χ1v) is 13.5. The molecule has 0 spiro atoms. The summed E-state index contributed by atoms with van der Waals surface area (Å²) < 4.78 is 15.6. The van der Waals surface area contributed by atoms with Crippen LogP contribution in [0.3, 0.4) is 0 Å². The second-order valence-corrected chi connectivity index (χ2v) is 9.96. The molecule has 3 heterocycles. The molecule has 2 aromatic carbocycles. The number of hydrogen-bond donors (Lipinski definition) is 2. The summed E-state index contributed by atoms with van der Waals surface area (Å²) in [5.41, 5.74) is 1.48. The highest BCUT2D eigenvalue weighted by molar-refractivity contribution is 6.11. The van der Waals surface area contributed by atoms with Gasteiger partial charge in [-0.3, -0.25) is 9.69 Å². The molecule has 1 amide bonds. The number of hydrogen-bond acceptors (Lipinski definition) is 7. The summed E-state index contributed by atoms with van der Waals surface area (Å²) in [5.74, 6) is 0.674. The molecule has 2 aromatic heterocycles. The Labute approximate surface area is 228 Å². The number of aromatic nitrogens is 3. The van der Waals surface area contributed by atoms with Gasteiger partial charge in [-0.25, -0.2) is 14.4 Å². The minimum absolute atomic E-state index is 0.00383. The summed E-state index contributed by atoms with van der Waals surface area (Å²) in [7, 11) is 1.97. The zero-order valence-electron chi connectivity index (χ0n) is 22.6. The molecule has 202 valence electrons. The molecule has 5 rings (SSSR count). The number of pyridine rings is 1. The molecule has 0 radical (unpaired) electrons. The monoisotopic (exact) mass is 527 g/mol. The highest BCUT2D eigenvalue weighted by atomic mass is 19.1. The Morgan fingerprint density at radius 3 is 2.77 bits per heavy atom. The maximum absolute atomic E-state index is 15.6. The molecule has 4 aromatic rings. The molecule has 2 N–H and O–H groups in total. The number of anilines is 4. The molecule has 1 fully saturated rings. The maximum atomic E-state index is 15.6. The van der Waals surface area contributed by atoms with Crippen LogP contribution in [0.4, 0.5) is 27.7 Å². The molecule has 39 heavy (non-hydrogen) atoms. The van der Waals surface area contributed by atoms with E-state index in [2.05, 4.69) is 32.5 Å². The summed E-state index contributed by atoms with van der Waals surface area (Å²) in [4.78, 5) is 31.2. The number of piperidine rings is 1. The van der Waals surface area contributed by atoms with E-state index in [1.807, 2.05) is 49.2 Å². The number of carbonyl (C=O) groups is 1. The summed E-state index contributed by atoms with van der Waals surface area (Å²) in [6, 6.07) is 14.2. The molecule has 1 aliphatic rings. The van der Waals surface area contributed by atoms with Crippen LogP contribution < -0.4 is 20.4 Å². The number of aryl methyl sites for hydroxylation is 1. The molecule has 1 saturated heterocycles. The molecular formula is C30H34FN7O. The number of amides is 1. The first kappa shape index (κ1) is 26.5. The SMILES string of the molecule is CCCN(C)c1ccnc(Nc2ccc(C(=O)N(c3nccc4cccc(C)c34)[C@@H]3CCCNC3)c(F)c2)n1. The third-order valence-corrected chi connectivity index (χ3v) is 7.11. The maximum Gasteiger partial charge on any atom is 0.262 e. The van der Waals surface area contributed by atoms with Gasteiger partial charge in [0, 0.05) is 43.6 Å². The van der Waals surface area contributed by atoms with Crippen LogP contribution in [-0.4, -0.2) is 53.6 Å². The lowest BCUT2D eigenvalue weighted by molar-refractivity contribution is 0.0968. The van der Waals surface area contributed by atoms with Crippen molar-refractivity contribution in [2.45, 2.75) is 39.2 Å². The van der Waals surface area contributed by atoms with E-state index in [1.165, 1.54) is 12.1 Å². The minimum Gasteiger partial charge on any atom is -0.360 e. The fourth-order valence-electron chi connectivity index (χ4n) is 5.16. The van der Waals surface area contributed by atoms with Gasteiger partial charge in [0.2, 0.25) is 5.95 Å². The van der Waals surface area contributed by atoms with E-state index >= 15 is 4.39 Å². The van der Waals surface area contributed by atoms with Crippen LogP contribution in [0.15, 0.2) is 60.9 Å². The Kier molecular flexibility index (Phi) is 7.97. The number of halogens is 1. The van der Waals surface area contributed by atoms with Crippen molar-refractivity contribution in [2.75, 3.05) is 41.8 Å². The third kappa shape index (κ3) is 5.68. The van der Waals surface area contributed by atoms with Crippen molar-refractivity contribution in [3.8, 4) is 0 Å². The normalized spacial score (nSPS) is 15.2. The van der Waals surface area contributed by atoms with E-state index in [0.29, 0.717) is 24.0 Å². The quantitative estimate of drug-likeness (QED) is 0.315. The number of fused-ring (bicyclic) bond motifs is 1. The summed E-state index contributed by atoms with van der Waals surface area (Å²) in [6.07, 6.45) is 6.11. The van der Waals surface area contributed by atoms with E-state index in [0.717, 1.165) is 54.5 Å². The van der Waals surface area contributed by atoms with Crippen molar-refractivity contribution in [1.82, 2.24) is 20.3 Å². The Hall–Kier alpha value is -4.11. The number of nitrogens with one attached hydrogen (secondary N) is 2. The van der Waals surface area contributed by atoms with Gasteiger partial charge in [-0.05, 0) is 74.0 Å². The van der Waals surface area contributed by atoms with Gasteiger partial charge >= 0.3 is 0 Å².